The highest BCUT2D eigenvalue weighted by Crippen LogP contribution is 2.24. The summed E-state index contributed by atoms with van der Waals surface area (Å²) in [6, 6.07) is 4.15. The van der Waals surface area contributed by atoms with E-state index in [0.717, 1.165) is 0 Å². The Morgan fingerprint density at radius 1 is 1.62 bits per heavy atom. The fourth-order valence-corrected chi connectivity index (χ4v) is 1.63. The van der Waals surface area contributed by atoms with Crippen LogP contribution in [0.2, 0.25) is 0 Å². The van der Waals surface area contributed by atoms with Crippen LogP contribution in [0.3, 0.4) is 0 Å². The maximum atomic E-state index is 12.7. The molecule has 13 heavy (non-hydrogen) atoms. The molecule has 0 aliphatic rings. The van der Waals surface area contributed by atoms with Crippen LogP contribution in [0.1, 0.15) is 11.7 Å². The minimum atomic E-state index is -0.722. The summed E-state index contributed by atoms with van der Waals surface area (Å²) in [5, 5.41) is 9.51. The molecule has 0 aliphatic heterocycles. The van der Waals surface area contributed by atoms with Crippen molar-refractivity contribution in [2.24, 2.45) is 0 Å². The van der Waals surface area contributed by atoms with Crippen molar-refractivity contribution >= 4 is 15.9 Å². The zero-order valence-electron chi connectivity index (χ0n) is 7.13. The highest BCUT2D eigenvalue weighted by Gasteiger charge is 2.10. The van der Waals surface area contributed by atoms with Crippen LogP contribution in [0, 0.1) is 5.82 Å². The van der Waals surface area contributed by atoms with Crippen LogP contribution in [0.15, 0.2) is 22.7 Å². The fourth-order valence-electron chi connectivity index (χ4n) is 1.02. The van der Waals surface area contributed by atoms with Crippen molar-refractivity contribution in [3.8, 4) is 0 Å². The molecule has 4 heteroatoms. The third-order valence-electron chi connectivity index (χ3n) is 1.65. The summed E-state index contributed by atoms with van der Waals surface area (Å²) >= 11 is 3.16. The quantitative estimate of drug-likeness (QED) is 0.890. The number of hydrogen-bond acceptors (Lipinski definition) is 2. The van der Waals surface area contributed by atoms with E-state index in [4.69, 9.17) is 4.74 Å². The van der Waals surface area contributed by atoms with Crippen LogP contribution in [-0.4, -0.2) is 18.8 Å². The van der Waals surface area contributed by atoms with Gasteiger partial charge < -0.3 is 9.84 Å². The summed E-state index contributed by atoms with van der Waals surface area (Å²) in [6.07, 6.45) is -0.722. The van der Waals surface area contributed by atoms with Gasteiger partial charge in [-0.3, -0.25) is 0 Å². The summed E-state index contributed by atoms with van der Waals surface area (Å²) in [6.45, 7) is 0.199. The van der Waals surface area contributed by atoms with Crippen molar-refractivity contribution in [1.29, 1.82) is 0 Å². The van der Waals surface area contributed by atoms with Gasteiger partial charge in [-0.15, -0.1) is 0 Å². The van der Waals surface area contributed by atoms with E-state index >= 15 is 0 Å². The van der Waals surface area contributed by atoms with Gasteiger partial charge in [-0.05, 0) is 17.7 Å². The van der Waals surface area contributed by atoms with E-state index in [0.29, 0.717) is 10.0 Å². The molecule has 0 fully saturated rings. The third-order valence-corrected chi connectivity index (χ3v) is 2.33. The normalized spacial score (nSPS) is 12.9. The first-order valence-corrected chi connectivity index (χ1v) is 4.56. The number of aliphatic hydroxyl groups is 1. The Morgan fingerprint density at radius 3 is 2.85 bits per heavy atom. The van der Waals surface area contributed by atoms with E-state index in [1.165, 1.54) is 25.3 Å². The maximum Gasteiger partial charge on any atom is 0.124 e. The minimum absolute atomic E-state index is 0.199. The van der Waals surface area contributed by atoms with E-state index in [2.05, 4.69) is 15.9 Å². The van der Waals surface area contributed by atoms with Gasteiger partial charge >= 0.3 is 0 Å². The number of aliphatic hydroxyl groups excluding tert-OH is 1. The molecule has 2 nitrogen and oxygen atoms in total. The van der Waals surface area contributed by atoms with Gasteiger partial charge in [-0.2, -0.15) is 0 Å². The Balaban J connectivity index is 2.88. The predicted octanol–water partition coefficient (Wildman–Crippen LogP) is 2.27. The molecule has 0 amide bonds. The van der Waals surface area contributed by atoms with Gasteiger partial charge in [-0.1, -0.05) is 22.0 Å². The van der Waals surface area contributed by atoms with Crippen molar-refractivity contribution in [2.75, 3.05) is 13.7 Å². The summed E-state index contributed by atoms with van der Waals surface area (Å²) in [4.78, 5) is 0. The van der Waals surface area contributed by atoms with E-state index in [1.54, 1.807) is 0 Å². The molecule has 0 spiro atoms. The molecular formula is C9H10BrFO2. The Hall–Kier alpha value is -0.450. The zero-order chi connectivity index (χ0) is 9.84. The van der Waals surface area contributed by atoms with Gasteiger partial charge in [0.15, 0.2) is 0 Å². The Morgan fingerprint density at radius 2 is 2.31 bits per heavy atom. The smallest absolute Gasteiger partial charge is 0.124 e. The molecule has 0 saturated carbocycles. The second kappa shape index (κ2) is 4.69. The molecule has 1 N–H and O–H groups in total. The van der Waals surface area contributed by atoms with Crippen molar-refractivity contribution in [3.63, 3.8) is 0 Å². The summed E-state index contributed by atoms with van der Waals surface area (Å²) in [5.41, 5.74) is 0.628. The molecule has 72 valence electrons. The first kappa shape index (κ1) is 10.6. The number of benzene rings is 1. The van der Waals surface area contributed by atoms with E-state index in [-0.39, 0.29) is 12.4 Å². The Bertz CT molecular complexity index is 291. The van der Waals surface area contributed by atoms with Crippen LogP contribution in [0.4, 0.5) is 4.39 Å². The molecule has 0 aromatic heterocycles. The number of halogens is 2. The minimum Gasteiger partial charge on any atom is -0.386 e. The molecule has 1 rings (SSSR count). The first-order valence-electron chi connectivity index (χ1n) is 3.77. The van der Waals surface area contributed by atoms with Crippen LogP contribution in [-0.2, 0) is 4.74 Å². The van der Waals surface area contributed by atoms with Crippen LogP contribution >= 0.6 is 15.9 Å². The van der Waals surface area contributed by atoms with Gasteiger partial charge in [-0.25, -0.2) is 4.39 Å². The zero-order valence-corrected chi connectivity index (χ0v) is 8.71. The van der Waals surface area contributed by atoms with Gasteiger partial charge in [0, 0.05) is 11.6 Å². The number of methoxy groups -OCH3 is 1. The summed E-state index contributed by atoms with van der Waals surface area (Å²) < 4.78 is 18.0. The average Bonchev–Trinajstić information content (AvgIpc) is 2.04. The lowest BCUT2D eigenvalue weighted by atomic mass is 10.1. The largest absolute Gasteiger partial charge is 0.386 e. The van der Waals surface area contributed by atoms with Crippen LogP contribution < -0.4 is 0 Å². The molecule has 0 aliphatic carbocycles. The monoisotopic (exact) mass is 248 g/mol. The maximum absolute atomic E-state index is 12.7. The van der Waals surface area contributed by atoms with Crippen molar-refractivity contribution < 1.29 is 14.2 Å². The Kier molecular flexibility index (Phi) is 3.84. The van der Waals surface area contributed by atoms with E-state index in [1.807, 2.05) is 0 Å². The molecule has 0 bridgehead atoms. The molecule has 1 aromatic carbocycles. The van der Waals surface area contributed by atoms with E-state index < -0.39 is 6.10 Å². The van der Waals surface area contributed by atoms with Crippen LogP contribution in [0.5, 0.6) is 0 Å². The highest BCUT2D eigenvalue weighted by atomic mass is 79.9. The van der Waals surface area contributed by atoms with Gasteiger partial charge in [0.05, 0.1) is 6.61 Å². The number of rotatable bonds is 3. The standard InChI is InChI=1S/C9H10BrFO2/c1-13-5-9(12)7-3-2-6(11)4-8(7)10/h2-4,9,12H,5H2,1H3. The second-order valence-corrected chi connectivity index (χ2v) is 3.49. The van der Waals surface area contributed by atoms with Crippen LogP contribution in [0.25, 0.3) is 0 Å². The van der Waals surface area contributed by atoms with E-state index in [9.17, 15) is 9.50 Å². The topological polar surface area (TPSA) is 29.5 Å². The lowest BCUT2D eigenvalue weighted by Crippen LogP contribution is -2.05. The first-order chi connectivity index (χ1) is 6.15. The highest BCUT2D eigenvalue weighted by molar-refractivity contribution is 9.10. The summed E-state index contributed by atoms with van der Waals surface area (Å²) in [5.74, 6) is -0.333. The van der Waals surface area contributed by atoms with Gasteiger partial charge in [0.25, 0.3) is 0 Å². The lowest BCUT2D eigenvalue weighted by Gasteiger charge is -2.11. The third kappa shape index (κ3) is 2.76. The Labute approximate surface area is 84.5 Å². The number of hydrogen-bond donors (Lipinski definition) is 1. The van der Waals surface area contributed by atoms with Gasteiger partial charge in [0.1, 0.15) is 11.9 Å². The molecule has 0 heterocycles. The lowest BCUT2D eigenvalue weighted by molar-refractivity contribution is 0.0639. The SMILES string of the molecule is COCC(O)c1ccc(F)cc1Br. The molecule has 1 atom stereocenters. The van der Waals surface area contributed by atoms with Gasteiger partial charge in [0.2, 0.25) is 0 Å². The predicted molar refractivity (Wildman–Crippen MR) is 50.9 cm³/mol. The molecule has 1 unspecified atom stereocenters. The average molecular weight is 249 g/mol. The molecular weight excluding hydrogens is 239 g/mol. The molecule has 0 saturated heterocycles. The van der Waals surface area contributed by atoms with Crippen molar-refractivity contribution in [2.45, 2.75) is 6.10 Å². The molecule has 1 aromatic rings. The number of ether oxygens (including phenoxy) is 1. The van der Waals surface area contributed by atoms with Crippen molar-refractivity contribution in [1.82, 2.24) is 0 Å². The summed E-state index contributed by atoms with van der Waals surface area (Å²) in [7, 11) is 1.50. The fraction of sp³-hybridized carbons (Fsp3) is 0.333. The second-order valence-electron chi connectivity index (χ2n) is 2.64. The molecule has 0 radical (unpaired) electrons. The van der Waals surface area contributed by atoms with Crippen molar-refractivity contribution in [3.05, 3.63) is 34.1 Å².